The predicted octanol–water partition coefficient (Wildman–Crippen LogP) is 2.73. The number of nitrogens with zero attached hydrogens (tertiary/aromatic N) is 1. The molecule has 0 aromatic heterocycles. The Hall–Kier alpha value is -1.52. The molecule has 0 N–H and O–H groups in total. The topological polar surface area (TPSA) is 20.3 Å². The smallest absolute Gasteiger partial charge is 0.254 e. The number of hydrogen-bond acceptors (Lipinski definition) is 1. The molecule has 1 saturated heterocycles. The van der Waals surface area contributed by atoms with Gasteiger partial charge in [0.2, 0.25) is 0 Å². The van der Waals surface area contributed by atoms with Crippen LogP contribution in [0.4, 0.5) is 13.2 Å². The lowest BCUT2D eigenvalue weighted by Gasteiger charge is -2.27. The van der Waals surface area contributed by atoms with Crippen LogP contribution in [0.25, 0.3) is 0 Å². The largest absolute Gasteiger partial charge is 0.335 e. The van der Waals surface area contributed by atoms with E-state index < -0.39 is 23.4 Å². The molecule has 18 heavy (non-hydrogen) atoms. The highest BCUT2D eigenvalue weighted by Gasteiger charge is 2.40. The third kappa shape index (κ3) is 1.69. The summed E-state index contributed by atoms with van der Waals surface area (Å²) < 4.78 is 39.0. The zero-order valence-electron chi connectivity index (χ0n) is 9.63. The quantitative estimate of drug-likeness (QED) is 0.706. The van der Waals surface area contributed by atoms with Crippen molar-refractivity contribution in [2.45, 2.75) is 25.3 Å². The summed E-state index contributed by atoms with van der Waals surface area (Å²) in [6, 6.07) is 1.72. The molecule has 1 aromatic carbocycles. The van der Waals surface area contributed by atoms with Crippen molar-refractivity contribution in [1.82, 2.24) is 4.90 Å². The maximum Gasteiger partial charge on any atom is 0.254 e. The van der Waals surface area contributed by atoms with Gasteiger partial charge in [0, 0.05) is 18.2 Å². The zero-order valence-corrected chi connectivity index (χ0v) is 9.63. The van der Waals surface area contributed by atoms with E-state index in [2.05, 4.69) is 0 Å². The number of hydrogen-bond donors (Lipinski definition) is 0. The minimum absolute atomic E-state index is 0.112. The van der Waals surface area contributed by atoms with Gasteiger partial charge < -0.3 is 4.90 Å². The van der Waals surface area contributed by atoms with Crippen molar-refractivity contribution in [2.75, 3.05) is 6.54 Å². The highest BCUT2D eigenvalue weighted by atomic mass is 19.2. The van der Waals surface area contributed by atoms with Crippen molar-refractivity contribution in [1.29, 1.82) is 0 Å². The standard InChI is InChI=1S/C13H12F3NO/c14-10-4-8(5-11(15)12(10)16)13(18)17-6-7-1-2-9(17)3-7/h4-5,7,9H,1-3,6H2. The number of carbonyl (C=O) groups excluding carboxylic acids is 1. The van der Waals surface area contributed by atoms with Crippen LogP contribution in [0.3, 0.4) is 0 Å². The summed E-state index contributed by atoms with van der Waals surface area (Å²) in [5.74, 6) is -4.06. The van der Waals surface area contributed by atoms with Crippen molar-refractivity contribution in [3.8, 4) is 0 Å². The van der Waals surface area contributed by atoms with Crippen LogP contribution in [0.2, 0.25) is 0 Å². The van der Waals surface area contributed by atoms with Gasteiger partial charge in [-0.05, 0) is 37.3 Å². The molecule has 2 atom stereocenters. The Morgan fingerprint density at radius 2 is 1.83 bits per heavy atom. The van der Waals surface area contributed by atoms with Crippen LogP contribution in [0.1, 0.15) is 29.6 Å². The van der Waals surface area contributed by atoms with Crippen molar-refractivity contribution in [3.05, 3.63) is 35.1 Å². The van der Waals surface area contributed by atoms with Gasteiger partial charge in [-0.3, -0.25) is 4.79 Å². The third-order valence-electron chi connectivity index (χ3n) is 3.90. The second-order valence-corrected chi connectivity index (χ2v) is 5.04. The first-order valence-electron chi connectivity index (χ1n) is 6.02. The van der Waals surface area contributed by atoms with E-state index in [4.69, 9.17) is 0 Å². The van der Waals surface area contributed by atoms with Gasteiger partial charge in [-0.2, -0.15) is 0 Å². The molecule has 2 aliphatic rings. The molecule has 0 radical (unpaired) electrons. The lowest BCUT2D eigenvalue weighted by atomic mass is 10.1. The molecule has 1 heterocycles. The molecule has 1 amide bonds. The van der Waals surface area contributed by atoms with Crippen LogP contribution >= 0.6 is 0 Å². The van der Waals surface area contributed by atoms with E-state index in [1.807, 2.05) is 0 Å². The van der Waals surface area contributed by atoms with Crippen molar-refractivity contribution in [3.63, 3.8) is 0 Å². The van der Waals surface area contributed by atoms with Crippen LogP contribution in [-0.2, 0) is 0 Å². The number of benzene rings is 1. The van der Waals surface area contributed by atoms with Gasteiger partial charge in [-0.25, -0.2) is 13.2 Å². The Bertz CT molecular complexity index is 494. The fraction of sp³-hybridized carbons (Fsp3) is 0.462. The average Bonchev–Trinajstić information content (AvgIpc) is 2.96. The SMILES string of the molecule is O=C(c1cc(F)c(F)c(F)c1)N1CC2CCC1C2. The van der Waals surface area contributed by atoms with E-state index in [-0.39, 0.29) is 11.6 Å². The van der Waals surface area contributed by atoms with Gasteiger partial charge in [0.1, 0.15) is 0 Å². The predicted molar refractivity (Wildman–Crippen MR) is 58.5 cm³/mol. The van der Waals surface area contributed by atoms with E-state index in [1.165, 1.54) is 0 Å². The zero-order chi connectivity index (χ0) is 12.9. The molecule has 5 heteroatoms. The number of piperidine rings is 1. The Balaban J connectivity index is 1.89. The maximum absolute atomic E-state index is 13.1. The highest BCUT2D eigenvalue weighted by Crippen LogP contribution is 2.38. The summed E-state index contributed by atoms with van der Waals surface area (Å²) in [6.45, 7) is 0.643. The molecule has 0 spiro atoms. The number of halogens is 3. The molecule has 3 rings (SSSR count). The average molecular weight is 255 g/mol. The summed E-state index contributed by atoms with van der Waals surface area (Å²) in [5, 5.41) is 0. The summed E-state index contributed by atoms with van der Waals surface area (Å²) in [4.78, 5) is 13.8. The minimum atomic E-state index is -1.53. The lowest BCUT2D eigenvalue weighted by Crippen LogP contribution is -2.37. The van der Waals surface area contributed by atoms with Gasteiger partial charge >= 0.3 is 0 Å². The molecule has 2 nitrogen and oxygen atoms in total. The fourth-order valence-corrected chi connectivity index (χ4v) is 3.02. The highest BCUT2D eigenvalue weighted by molar-refractivity contribution is 5.94. The molecule has 2 unspecified atom stereocenters. The Labute approximate surface area is 102 Å². The number of amides is 1. The fourth-order valence-electron chi connectivity index (χ4n) is 3.02. The van der Waals surface area contributed by atoms with Gasteiger partial charge in [0.25, 0.3) is 5.91 Å². The monoisotopic (exact) mass is 255 g/mol. The minimum Gasteiger partial charge on any atom is -0.335 e. The lowest BCUT2D eigenvalue weighted by molar-refractivity contribution is 0.0702. The first-order chi connectivity index (χ1) is 8.56. The summed E-state index contributed by atoms with van der Waals surface area (Å²) in [6.07, 6.45) is 3.03. The summed E-state index contributed by atoms with van der Waals surface area (Å²) in [5.41, 5.74) is -0.112. The van der Waals surface area contributed by atoms with E-state index in [1.54, 1.807) is 4.90 Å². The first-order valence-corrected chi connectivity index (χ1v) is 6.02. The summed E-state index contributed by atoms with van der Waals surface area (Å²) >= 11 is 0. The molecule has 1 aromatic rings. The van der Waals surface area contributed by atoms with Gasteiger partial charge in [0.05, 0.1) is 0 Å². The van der Waals surface area contributed by atoms with Crippen molar-refractivity contribution < 1.29 is 18.0 Å². The van der Waals surface area contributed by atoms with Crippen LogP contribution < -0.4 is 0 Å². The molecule has 2 bridgehead atoms. The molecule has 1 aliphatic carbocycles. The van der Waals surface area contributed by atoms with E-state index in [0.29, 0.717) is 12.5 Å². The first kappa shape index (κ1) is 11.6. The number of fused-ring (bicyclic) bond motifs is 2. The van der Waals surface area contributed by atoms with Crippen LogP contribution in [0, 0.1) is 23.4 Å². The van der Waals surface area contributed by atoms with Gasteiger partial charge in [0.15, 0.2) is 17.5 Å². The van der Waals surface area contributed by atoms with Crippen molar-refractivity contribution >= 4 is 5.91 Å². The Kier molecular flexibility index (Phi) is 2.57. The van der Waals surface area contributed by atoms with Crippen LogP contribution in [0.15, 0.2) is 12.1 Å². The Morgan fingerprint density at radius 3 is 2.33 bits per heavy atom. The van der Waals surface area contributed by atoms with E-state index >= 15 is 0 Å². The second-order valence-electron chi connectivity index (χ2n) is 5.04. The number of carbonyl (C=O) groups is 1. The molecule has 2 fully saturated rings. The third-order valence-corrected chi connectivity index (χ3v) is 3.90. The molecular formula is C13H12F3NO. The molecule has 1 saturated carbocycles. The molecular weight excluding hydrogens is 243 g/mol. The molecule has 96 valence electrons. The van der Waals surface area contributed by atoms with E-state index in [0.717, 1.165) is 31.4 Å². The van der Waals surface area contributed by atoms with Gasteiger partial charge in [-0.1, -0.05) is 0 Å². The maximum atomic E-state index is 13.1. The van der Waals surface area contributed by atoms with Crippen LogP contribution in [0.5, 0.6) is 0 Å². The molecule has 1 aliphatic heterocycles. The number of rotatable bonds is 1. The van der Waals surface area contributed by atoms with Crippen molar-refractivity contribution in [2.24, 2.45) is 5.92 Å². The van der Waals surface area contributed by atoms with E-state index in [9.17, 15) is 18.0 Å². The second kappa shape index (κ2) is 4.00. The Morgan fingerprint density at radius 1 is 1.17 bits per heavy atom. The normalized spacial score (nSPS) is 25.8. The number of likely N-dealkylation sites (tertiary alicyclic amines) is 1. The van der Waals surface area contributed by atoms with Crippen LogP contribution in [-0.4, -0.2) is 23.4 Å². The van der Waals surface area contributed by atoms with Gasteiger partial charge in [-0.15, -0.1) is 0 Å². The summed E-state index contributed by atoms with van der Waals surface area (Å²) in [7, 11) is 0.